The lowest BCUT2D eigenvalue weighted by atomic mass is 10.0. The van der Waals surface area contributed by atoms with Gasteiger partial charge in [-0.25, -0.2) is 0 Å². The Kier molecular flexibility index (Phi) is 5.38. The summed E-state index contributed by atoms with van der Waals surface area (Å²) in [7, 11) is 0. The molecule has 2 rings (SSSR count). The number of para-hydroxylation sites is 2. The van der Waals surface area contributed by atoms with Gasteiger partial charge in [0, 0.05) is 0 Å². The van der Waals surface area contributed by atoms with Crippen LogP contribution in [0.25, 0.3) is 0 Å². The number of hydrogen-bond donors (Lipinski definition) is 0. The Bertz CT molecular complexity index is 605. The summed E-state index contributed by atoms with van der Waals surface area (Å²) in [6.07, 6.45) is 1.17. The number of carbonyl (C=O) groups excluding carboxylic acids is 1. The lowest BCUT2D eigenvalue weighted by molar-refractivity contribution is -0.133. The van der Waals surface area contributed by atoms with Crippen LogP contribution in [0.5, 0.6) is 11.5 Å². The molecule has 0 atom stereocenters. The number of ether oxygens (including phenoxy) is 2. The average molecular weight is 284 g/mol. The predicted octanol–water partition coefficient (Wildman–Crippen LogP) is 3.80. The second-order valence-electron chi connectivity index (χ2n) is 4.65. The molecule has 0 spiro atoms. The Hall–Kier alpha value is -2.29. The Morgan fingerprint density at radius 2 is 1.52 bits per heavy atom. The van der Waals surface area contributed by atoms with Gasteiger partial charge in [0.15, 0.2) is 11.5 Å². The van der Waals surface area contributed by atoms with E-state index >= 15 is 0 Å². The van der Waals surface area contributed by atoms with Crippen molar-refractivity contribution < 1.29 is 14.3 Å². The topological polar surface area (TPSA) is 35.5 Å². The van der Waals surface area contributed by atoms with Crippen molar-refractivity contribution in [1.82, 2.24) is 0 Å². The first kappa shape index (κ1) is 15.1. The van der Waals surface area contributed by atoms with Crippen molar-refractivity contribution in [3.05, 3.63) is 59.7 Å². The number of hydrogen-bond acceptors (Lipinski definition) is 3. The van der Waals surface area contributed by atoms with Crippen LogP contribution >= 0.6 is 0 Å². The second kappa shape index (κ2) is 7.48. The minimum Gasteiger partial charge on any atom is -0.490 e. The minimum absolute atomic E-state index is 0.268. The molecule has 0 heterocycles. The maximum Gasteiger partial charge on any atom is 0.315 e. The monoisotopic (exact) mass is 284 g/mol. The summed E-state index contributed by atoms with van der Waals surface area (Å²) >= 11 is 0. The molecule has 3 nitrogen and oxygen atoms in total. The van der Waals surface area contributed by atoms with Crippen LogP contribution in [0.1, 0.15) is 25.0 Å². The molecule has 0 aliphatic heterocycles. The number of rotatable bonds is 6. The van der Waals surface area contributed by atoms with Gasteiger partial charge in [0.25, 0.3) is 0 Å². The van der Waals surface area contributed by atoms with E-state index in [0.29, 0.717) is 18.1 Å². The highest BCUT2D eigenvalue weighted by Crippen LogP contribution is 2.26. The number of esters is 1. The molecule has 0 aliphatic rings. The lowest BCUT2D eigenvalue weighted by Gasteiger charge is -2.11. The highest BCUT2D eigenvalue weighted by molar-refractivity contribution is 5.76. The summed E-state index contributed by atoms with van der Waals surface area (Å²) in [5, 5.41) is 0. The Morgan fingerprint density at radius 1 is 0.905 bits per heavy atom. The van der Waals surface area contributed by atoms with Crippen LogP contribution in [-0.2, 0) is 17.6 Å². The Labute approximate surface area is 125 Å². The van der Waals surface area contributed by atoms with Crippen LogP contribution in [0.2, 0.25) is 0 Å². The van der Waals surface area contributed by atoms with Crippen LogP contribution in [0, 0.1) is 0 Å². The van der Waals surface area contributed by atoms with E-state index in [4.69, 9.17) is 9.47 Å². The number of aryl methyl sites for hydroxylation is 1. The van der Waals surface area contributed by atoms with Gasteiger partial charge >= 0.3 is 5.97 Å². The van der Waals surface area contributed by atoms with E-state index in [-0.39, 0.29) is 12.4 Å². The van der Waals surface area contributed by atoms with E-state index in [9.17, 15) is 4.79 Å². The average Bonchev–Trinajstić information content (AvgIpc) is 2.50. The number of benzene rings is 2. The summed E-state index contributed by atoms with van der Waals surface area (Å²) in [6.45, 7) is 4.51. The molecule has 21 heavy (non-hydrogen) atoms. The molecule has 0 unspecified atom stereocenters. The van der Waals surface area contributed by atoms with Gasteiger partial charge in [-0.05, 0) is 36.6 Å². The maximum absolute atomic E-state index is 12.1. The van der Waals surface area contributed by atoms with Crippen LogP contribution < -0.4 is 9.47 Å². The lowest BCUT2D eigenvalue weighted by Crippen LogP contribution is -2.13. The van der Waals surface area contributed by atoms with Crippen LogP contribution in [-0.4, -0.2) is 12.6 Å². The molecule has 0 saturated carbocycles. The third-order valence-electron chi connectivity index (χ3n) is 3.21. The van der Waals surface area contributed by atoms with Crippen molar-refractivity contribution >= 4 is 5.97 Å². The molecule has 0 bridgehead atoms. The standard InChI is InChI=1S/C18H20O3/c1-3-14-9-5-6-10-15(14)13-18(19)21-17-12-8-7-11-16(17)20-4-2/h5-12H,3-4,13H2,1-2H3. The van der Waals surface area contributed by atoms with Crippen LogP contribution in [0.3, 0.4) is 0 Å². The first-order chi connectivity index (χ1) is 10.2. The number of carbonyl (C=O) groups is 1. The third kappa shape index (κ3) is 4.09. The van der Waals surface area contributed by atoms with E-state index < -0.39 is 0 Å². The predicted molar refractivity (Wildman–Crippen MR) is 82.8 cm³/mol. The van der Waals surface area contributed by atoms with Crippen molar-refractivity contribution in [3.8, 4) is 11.5 Å². The second-order valence-corrected chi connectivity index (χ2v) is 4.65. The van der Waals surface area contributed by atoms with Gasteiger partial charge in [-0.2, -0.15) is 0 Å². The molecule has 0 radical (unpaired) electrons. The molecule has 0 N–H and O–H groups in total. The van der Waals surface area contributed by atoms with Crippen LogP contribution in [0.15, 0.2) is 48.5 Å². The zero-order valence-corrected chi connectivity index (χ0v) is 12.5. The minimum atomic E-state index is -0.275. The van der Waals surface area contributed by atoms with Gasteiger partial charge in [-0.15, -0.1) is 0 Å². The van der Waals surface area contributed by atoms with Crippen molar-refractivity contribution in [2.45, 2.75) is 26.7 Å². The molecule has 0 fully saturated rings. The summed E-state index contributed by atoms with van der Waals surface area (Å²) in [5.41, 5.74) is 2.19. The molecule has 2 aromatic carbocycles. The first-order valence-electron chi connectivity index (χ1n) is 7.23. The first-order valence-corrected chi connectivity index (χ1v) is 7.23. The molecule has 110 valence electrons. The fraction of sp³-hybridized carbons (Fsp3) is 0.278. The normalized spacial score (nSPS) is 10.2. The Morgan fingerprint density at radius 3 is 2.19 bits per heavy atom. The summed E-state index contributed by atoms with van der Waals surface area (Å²) in [5.74, 6) is 0.790. The van der Waals surface area contributed by atoms with Gasteiger partial charge in [-0.1, -0.05) is 43.3 Å². The molecular formula is C18H20O3. The van der Waals surface area contributed by atoms with Crippen LogP contribution in [0.4, 0.5) is 0 Å². The van der Waals surface area contributed by atoms with Gasteiger partial charge in [0.2, 0.25) is 0 Å². The largest absolute Gasteiger partial charge is 0.490 e. The third-order valence-corrected chi connectivity index (χ3v) is 3.21. The fourth-order valence-corrected chi connectivity index (χ4v) is 2.20. The zero-order chi connectivity index (χ0) is 15.1. The maximum atomic E-state index is 12.1. The SMILES string of the molecule is CCOc1ccccc1OC(=O)Cc1ccccc1CC. The van der Waals surface area contributed by atoms with Crippen molar-refractivity contribution in [2.24, 2.45) is 0 Å². The van der Waals surface area contributed by atoms with Crippen molar-refractivity contribution in [1.29, 1.82) is 0 Å². The smallest absolute Gasteiger partial charge is 0.315 e. The fourth-order valence-electron chi connectivity index (χ4n) is 2.20. The molecule has 0 saturated heterocycles. The van der Waals surface area contributed by atoms with E-state index in [0.717, 1.165) is 12.0 Å². The summed E-state index contributed by atoms with van der Waals surface area (Å²) in [6, 6.07) is 15.2. The van der Waals surface area contributed by atoms with Crippen molar-refractivity contribution in [3.63, 3.8) is 0 Å². The molecule has 0 aromatic heterocycles. The molecular weight excluding hydrogens is 264 g/mol. The van der Waals surface area contributed by atoms with E-state index in [1.54, 1.807) is 12.1 Å². The van der Waals surface area contributed by atoms with Gasteiger partial charge in [0.1, 0.15) is 0 Å². The van der Waals surface area contributed by atoms with Gasteiger partial charge in [0.05, 0.1) is 13.0 Å². The van der Waals surface area contributed by atoms with Gasteiger partial charge in [-0.3, -0.25) is 4.79 Å². The molecule has 0 amide bonds. The van der Waals surface area contributed by atoms with Gasteiger partial charge < -0.3 is 9.47 Å². The van der Waals surface area contributed by atoms with E-state index in [2.05, 4.69) is 6.92 Å². The highest BCUT2D eigenvalue weighted by atomic mass is 16.6. The summed E-state index contributed by atoms with van der Waals surface area (Å²) < 4.78 is 10.9. The van der Waals surface area contributed by atoms with Crippen molar-refractivity contribution in [2.75, 3.05) is 6.61 Å². The quantitative estimate of drug-likeness (QED) is 0.598. The van der Waals surface area contributed by atoms with E-state index in [1.807, 2.05) is 43.3 Å². The Balaban J connectivity index is 2.08. The summed E-state index contributed by atoms with van der Waals surface area (Å²) in [4.78, 5) is 12.1. The molecule has 2 aromatic rings. The molecule has 3 heteroatoms. The molecule has 0 aliphatic carbocycles. The zero-order valence-electron chi connectivity index (χ0n) is 12.5. The highest BCUT2D eigenvalue weighted by Gasteiger charge is 2.12. The van der Waals surface area contributed by atoms with E-state index in [1.165, 1.54) is 5.56 Å².